The molecule has 0 amide bonds. The summed E-state index contributed by atoms with van der Waals surface area (Å²) in [6.45, 7) is 0. The normalized spacial score (nSPS) is 30.8. The average Bonchev–Trinajstić information content (AvgIpc) is 3.01. The van der Waals surface area contributed by atoms with Gasteiger partial charge in [-0.25, -0.2) is 4.39 Å². The molecule has 0 heterocycles. The molecule has 2 aliphatic carbocycles. The SMILES string of the molecule is NNC(CC1CC2CCC1C2)c1cc(F)ccc1Br. The van der Waals surface area contributed by atoms with E-state index in [9.17, 15) is 4.39 Å². The van der Waals surface area contributed by atoms with Gasteiger partial charge in [-0.05, 0) is 67.2 Å². The molecule has 1 aromatic rings. The number of hydrogen-bond donors (Lipinski definition) is 2. The summed E-state index contributed by atoms with van der Waals surface area (Å²) >= 11 is 3.50. The van der Waals surface area contributed by atoms with Crippen LogP contribution in [-0.4, -0.2) is 0 Å². The lowest BCUT2D eigenvalue weighted by Crippen LogP contribution is -2.31. The molecule has 0 spiro atoms. The van der Waals surface area contributed by atoms with Crippen molar-refractivity contribution in [1.29, 1.82) is 0 Å². The van der Waals surface area contributed by atoms with Crippen molar-refractivity contribution >= 4 is 15.9 Å². The molecular weight excluding hydrogens is 307 g/mol. The number of nitrogens with two attached hydrogens (primary N) is 1. The molecule has 104 valence electrons. The lowest BCUT2D eigenvalue weighted by atomic mass is 9.83. The molecule has 2 bridgehead atoms. The summed E-state index contributed by atoms with van der Waals surface area (Å²) in [4.78, 5) is 0. The molecular formula is C15H20BrFN2. The molecule has 0 saturated heterocycles. The highest BCUT2D eigenvalue weighted by atomic mass is 79.9. The van der Waals surface area contributed by atoms with Gasteiger partial charge in [-0.3, -0.25) is 11.3 Å². The van der Waals surface area contributed by atoms with Crippen LogP contribution in [0.2, 0.25) is 0 Å². The fourth-order valence-electron chi connectivity index (χ4n) is 4.03. The molecule has 19 heavy (non-hydrogen) atoms. The minimum absolute atomic E-state index is 0.0365. The van der Waals surface area contributed by atoms with Crippen LogP contribution in [0, 0.1) is 23.6 Å². The Morgan fingerprint density at radius 3 is 2.84 bits per heavy atom. The highest BCUT2D eigenvalue weighted by Crippen LogP contribution is 2.51. The van der Waals surface area contributed by atoms with Crippen LogP contribution in [0.1, 0.15) is 43.7 Å². The predicted octanol–water partition coefficient (Wildman–Crippen LogP) is 3.92. The van der Waals surface area contributed by atoms with Gasteiger partial charge in [0.15, 0.2) is 0 Å². The lowest BCUT2D eigenvalue weighted by Gasteiger charge is -2.27. The minimum atomic E-state index is -0.202. The third kappa shape index (κ3) is 2.71. The molecule has 2 fully saturated rings. The number of hydrogen-bond acceptors (Lipinski definition) is 2. The Kier molecular flexibility index (Phi) is 3.92. The van der Waals surface area contributed by atoms with E-state index in [1.165, 1.54) is 31.7 Å². The Labute approximate surface area is 122 Å². The van der Waals surface area contributed by atoms with Crippen LogP contribution >= 0.6 is 15.9 Å². The van der Waals surface area contributed by atoms with E-state index in [4.69, 9.17) is 5.84 Å². The molecule has 1 aromatic carbocycles. The first-order valence-electron chi connectivity index (χ1n) is 7.08. The maximum Gasteiger partial charge on any atom is 0.123 e. The zero-order chi connectivity index (χ0) is 13.4. The summed E-state index contributed by atoms with van der Waals surface area (Å²) in [6.07, 6.45) is 6.52. The molecule has 0 radical (unpaired) electrons. The van der Waals surface area contributed by atoms with Crippen LogP contribution in [0.4, 0.5) is 4.39 Å². The molecule has 2 saturated carbocycles. The summed E-state index contributed by atoms with van der Waals surface area (Å²) < 4.78 is 14.3. The summed E-state index contributed by atoms with van der Waals surface area (Å²) in [5.74, 6) is 8.05. The molecule has 3 rings (SSSR count). The van der Waals surface area contributed by atoms with E-state index in [0.717, 1.165) is 34.2 Å². The number of hydrazine groups is 1. The zero-order valence-corrected chi connectivity index (χ0v) is 12.5. The van der Waals surface area contributed by atoms with Crippen molar-refractivity contribution in [3.63, 3.8) is 0 Å². The van der Waals surface area contributed by atoms with Crippen molar-refractivity contribution in [1.82, 2.24) is 5.43 Å². The van der Waals surface area contributed by atoms with E-state index in [2.05, 4.69) is 21.4 Å². The fraction of sp³-hybridized carbons (Fsp3) is 0.600. The predicted molar refractivity (Wildman–Crippen MR) is 77.7 cm³/mol. The van der Waals surface area contributed by atoms with E-state index >= 15 is 0 Å². The van der Waals surface area contributed by atoms with E-state index in [0.29, 0.717) is 0 Å². The lowest BCUT2D eigenvalue weighted by molar-refractivity contribution is 0.279. The first-order chi connectivity index (χ1) is 9.17. The van der Waals surface area contributed by atoms with E-state index in [1.54, 1.807) is 12.1 Å². The molecule has 3 N–H and O–H groups in total. The van der Waals surface area contributed by atoms with Crippen molar-refractivity contribution in [2.75, 3.05) is 0 Å². The summed E-state index contributed by atoms with van der Waals surface area (Å²) in [5.41, 5.74) is 3.81. The highest BCUT2D eigenvalue weighted by molar-refractivity contribution is 9.10. The molecule has 4 heteroatoms. The molecule has 2 nitrogen and oxygen atoms in total. The molecule has 4 unspecified atom stereocenters. The molecule has 0 aliphatic heterocycles. The van der Waals surface area contributed by atoms with E-state index in [1.807, 2.05) is 0 Å². The second-order valence-corrected chi connectivity index (χ2v) is 6.91. The largest absolute Gasteiger partial charge is 0.271 e. The highest BCUT2D eigenvalue weighted by Gasteiger charge is 2.40. The Hall–Kier alpha value is -0.450. The third-order valence-electron chi connectivity index (χ3n) is 4.96. The number of rotatable bonds is 4. The van der Waals surface area contributed by atoms with Crippen LogP contribution in [0.15, 0.2) is 22.7 Å². The van der Waals surface area contributed by atoms with Crippen LogP contribution in [-0.2, 0) is 0 Å². The van der Waals surface area contributed by atoms with Crippen molar-refractivity contribution < 1.29 is 4.39 Å². The first kappa shape index (κ1) is 13.5. The van der Waals surface area contributed by atoms with Crippen molar-refractivity contribution in [3.05, 3.63) is 34.1 Å². The van der Waals surface area contributed by atoms with E-state index in [-0.39, 0.29) is 11.9 Å². The summed E-state index contributed by atoms with van der Waals surface area (Å²) in [7, 11) is 0. The molecule has 2 aliphatic rings. The zero-order valence-electron chi connectivity index (χ0n) is 10.9. The van der Waals surface area contributed by atoms with Gasteiger partial charge in [-0.2, -0.15) is 0 Å². The maximum atomic E-state index is 13.4. The van der Waals surface area contributed by atoms with Gasteiger partial charge in [0.2, 0.25) is 0 Å². The van der Waals surface area contributed by atoms with Gasteiger partial charge in [0.25, 0.3) is 0 Å². The number of fused-ring (bicyclic) bond motifs is 2. The molecule has 0 aromatic heterocycles. The van der Waals surface area contributed by atoms with Gasteiger partial charge in [-0.1, -0.05) is 22.4 Å². The summed E-state index contributed by atoms with van der Waals surface area (Å²) in [6, 6.07) is 4.85. The van der Waals surface area contributed by atoms with E-state index < -0.39 is 0 Å². The van der Waals surface area contributed by atoms with Gasteiger partial charge >= 0.3 is 0 Å². The Bertz CT molecular complexity index is 465. The number of halogens is 2. The number of nitrogens with one attached hydrogen (secondary N) is 1. The smallest absolute Gasteiger partial charge is 0.123 e. The standard InChI is InChI=1S/C15H20BrFN2/c16-14-4-3-12(17)8-13(14)15(19-18)7-11-6-9-1-2-10(11)5-9/h3-4,8-11,15,19H,1-2,5-7,18H2. The van der Waals surface area contributed by atoms with Gasteiger partial charge in [0, 0.05) is 10.5 Å². The van der Waals surface area contributed by atoms with Crippen molar-refractivity contribution in [2.45, 2.75) is 38.1 Å². The summed E-state index contributed by atoms with van der Waals surface area (Å²) in [5, 5.41) is 0. The van der Waals surface area contributed by atoms with Crippen LogP contribution < -0.4 is 11.3 Å². The second kappa shape index (κ2) is 5.51. The van der Waals surface area contributed by atoms with Crippen molar-refractivity contribution in [2.24, 2.45) is 23.6 Å². The minimum Gasteiger partial charge on any atom is -0.271 e. The maximum absolute atomic E-state index is 13.4. The Morgan fingerprint density at radius 2 is 2.21 bits per heavy atom. The Balaban J connectivity index is 1.75. The van der Waals surface area contributed by atoms with Gasteiger partial charge in [-0.15, -0.1) is 0 Å². The van der Waals surface area contributed by atoms with Crippen LogP contribution in [0.5, 0.6) is 0 Å². The van der Waals surface area contributed by atoms with Crippen molar-refractivity contribution in [3.8, 4) is 0 Å². The quantitative estimate of drug-likeness (QED) is 0.650. The monoisotopic (exact) mass is 326 g/mol. The van der Waals surface area contributed by atoms with Gasteiger partial charge in [0.05, 0.1) is 0 Å². The number of benzene rings is 1. The Morgan fingerprint density at radius 1 is 1.37 bits per heavy atom. The molecule has 4 atom stereocenters. The fourth-order valence-corrected chi connectivity index (χ4v) is 4.56. The third-order valence-corrected chi connectivity index (χ3v) is 5.68. The van der Waals surface area contributed by atoms with Gasteiger partial charge in [0.1, 0.15) is 5.82 Å². The van der Waals surface area contributed by atoms with Gasteiger partial charge < -0.3 is 0 Å². The topological polar surface area (TPSA) is 38.0 Å². The average molecular weight is 327 g/mol. The first-order valence-corrected chi connectivity index (χ1v) is 7.87. The second-order valence-electron chi connectivity index (χ2n) is 6.06. The van der Waals surface area contributed by atoms with Crippen LogP contribution in [0.3, 0.4) is 0 Å². The van der Waals surface area contributed by atoms with Crippen LogP contribution in [0.25, 0.3) is 0 Å².